The quantitative estimate of drug-likeness (QED) is 0.778. The standard InChI is InChI=1S/C16H28N4O2S/c1-18-10-6-17-16(18)13-15-5-4-9-20(14-15)23(21,22)12-11-19-7-2-3-8-19/h6,10,15H,2-5,7-9,11-14H2,1H3/t15-/m1/s1. The summed E-state index contributed by atoms with van der Waals surface area (Å²) in [4.78, 5) is 6.64. The Hall–Kier alpha value is -0.920. The monoisotopic (exact) mass is 340 g/mol. The molecule has 0 N–H and O–H groups in total. The lowest BCUT2D eigenvalue weighted by molar-refractivity contribution is 0.260. The summed E-state index contributed by atoms with van der Waals surface area (Å²) < 4.78 is 29.0. The zero-order valence-corrected chi connectivity index (χ0v) is 14.8. The number of hydrogen-bond acceptors (Lipinski definition) is 4. The Morgan fingerprint density at radius 1 is 1.22 bits per heavy atom. The first-order valence-electron chi connectivity index (χ1n) is 8.71. The fourth-order valence-corrected chi connectivity index (χ4v) is 5.27. The lowest BCUT2D eigenvalue weighted by Crippen LogP contribution is -2.43. The van der Waals surface area contributed by atoms with Gasteiger partial charge in [-0.3, -0.25) is 0 Å². The van der Waals surface area contributed by atoms with E-state index in [0.29, 0.717) is 25.6 Å². The number of rotatable bonds is 6. The molecule has 0 saturated carbocycles. The molecule has 0 radical (unpaired) electrons. The van der Waals surface area contributed by atoms with Gasteiger partial charge in [0.2, 0.25) is 10.0 Å². The Morgan fingerprint density at radius 2 is 2.00 bits per heavy atom. The maximum atomic E-state index is 12.6. The van der Waals surface area contributed by atoms with Gasteiger partial charge in [0.25, 0.3) is 0 Å². The molecule has 2 aliphatic rings. The van der Waals surface area contributed by atoms with E-state index in [1.807, 2.05) is 24.0 Å². The molecule has 0 bridgehead atoms. The van der Waals surface area contributed by atoms with Crippen LogP contribution >= 0.6 is 0 Å². The Morgan fingerprint density at radius 3 is 2.70 bits per heavy atom. The minimum Gasteiger partial charge on any atom is -0.338 e. The van der Waals surface area contributed by atoms with Crippen molar-refractivity contribution in [3.05, 3.63) is 18.2 Å². The number of piperidine rings is 1. The number of aromatic nitrogens is 2. The van der Waals surface area contributed by atoms with Gasteiger partial charge >= 0.3 is 0 Å². The van der Waals surface area contributed by atoms with E-state index in [0.717, 1.165) is 38.2 Å². The lowest BCUT2D eigenvalue weighted by Gasteiger charge is -2.32. The molecule has 1 atom stereocenters. The van der Waals surface area contributed by atoms with Crippen molar-refractivity contribution in [1.29, 1.82) is 0 Å². The van der Waals surface area contributed by atoms with Crippen LogP contribution in [0.4, 0.5) is 0 Å². The fraction of sp³-hybridized carbons (Fsp3) is 0.812. The highest BCUT2D eigenvalue weighted by atomic mass is 32.2. The van der Waals surface area contributed by atoms with Crippen LogP contribution in [0.1, 0.15) is 31.5 Å². The van der Waals surface area contributed by atoms with Crippen molar-refractivity contribution in [3.8, 4) is 0 Å². The number of aryl methyl sites for hydroxylation is 1. The van der Waals surface area contributed by atoms with Gasteiger partial charge in [0.05, 0.1) is 5.75 Å². The molecule has 23 heavy (non-hydrogen) atoms. The Bertz CT molecular complexity index is 607. The summed E-state index contributed by atoms with van der Waals surface area (Å²) in [6.07, 6.45) is 9.07. The highest BCUT2D eigenvalue weighted by Crippen LogP contribution is 2.22. The van der Waals surface area contributed by atoms with Crippen molar-refractivity contribution >= 4 is 10.0 Å². The van der Waals surface area contributed by atoms with Crippen molar-refractivity contribution in [2.45, 2.75) is 32.1 Å². The number of hydrogen-bond donors (Lipinski definition) is 0. The van der Waals surface area contributed by atoms with Gasteiger partial charge in [-0.2, -0.15) is 0 Å². The predicted octanol–water partition coefficient (Wildman–Crippen LogP) is 1.10. The maximum Gasteiger partial charge on any atom is 0.215 e. The molecule has 2 fully saturated rings. The average molecular weight is 340 g/mol. The van der Waals surface area contributed by atoms with E-state index in [1.54, 1.807) is 4.31 Å². The molecule has 130 valence electrons. The molecule has 2 aliphatic heterocycles. The van der Waals surface area contributed by atoms with Crippen molar-refractivity contribution in [1.82, 2.24) is 18.8 Å². The second-order valence-electron chi connectivity index (χ2n) is 6.89. The summed E-state index contributed by atoms with van der Waals surface area (Å²) in [6, 6.07) is 0. The second-order valence-corrected chi connectivity index (χ2v) is 8.98. The summed E-state index contributed by atoms with van der Waals surface area (Å²) in [7, 11) is -1.13. The summed E-state index contributed by atoms with van der Waals surface area (Å²) >= 11 is 0. The first-order chi connectivity index (χ1) is 11.0. The summed E-state index contributed by atoms with van der Waals surface area (Å²) in [5.41, 5.74) is 0. The largest absolute Gasteiger partial charge is 0.338 e. The molecule has 7 heteroatoms. The van der Waals surface area contributed by atoms with Crippen molar-refractivity contribution in [2.24, 2.45) is 13.0 Å². The van der Waals surface area contributed by atoms with E-state index < -0.39 is 10.0 Å². The molecule has 3 heterocycles. The molecular formula is C16H28N4O2S. The van der Waals surface area contributed by atoms with Crippen molar-refractivity contribution in [3.63, 3.8) is 0 Å². The van der Waals surface area contributed by atoms with Gasteiger partial charge in [-0.05, 0) is 44.7 Å². The van der Waals surface area contributed by atoms with E-state index in [4.69, 9.17) is 0 Å². The minimum absolute atomic E-state index is 0.266. The molecule has 6 nitrogen and oxygen atoms in total. The molecule has 3 rings (SSSR count). The summed E-state index contributed by atoms with van der Waals surface area (Å²) in [5, 5.41) is 0. The van der Waals surface area contributed by atoms with E-state index in [9.17, 15) is 8.42 Å². The number of imidazole rings is 1. The Labute approximate surface area is 139 Å². The van der Waals surface area contributed by atoms with Crippen LogP contribution in [0.15, 0.2) is 12.4 Å². The highest BCUT2D eigenvalue weighted by Gasteiger charge is 2.30. The summed E-state index contributed by atoms with van der Waals surface area (Å²) in [6.45, 7) is 4.12. The zero-order valence-electron chi connectivity index (χ0n) is 14.0. The van der Waals surface area contributed by atoms with Crippen LogP contribution in [0.3, 0.4) is 0 Å². The van der Waals surface area contributed by atoms with Gasteiger partial charge in [-0.15, -0.1) is 0 Å². The minimum atomic E-state index is -3.13. The smallest absolute Gasteiger partial charge is 0.215 e. The molecule has 0 spiro atoms. The first-order valence-corrected chi connectivity index (χ1v) is 10.3. The lowest BCUT2D eigenvalue weighted by atomic mass is 9.96. The highest BCUT2D eigenvalue weighted by molar-refractivity contribution is 7.89. The Balaban J connectivity index is 1.55. The topological polar surface area (TPSA) is 58.4 Å². The van der Waals surface area contributed by atoms with E-state index in [-0.39, 0.29) is 5.75 Å². The third kappa shape index (κ3) is 4.33. The molecule has 0 aliphatic carbocycles. The molecule has 0 amide bonds. The van der Waals surface area contributed by atoms with Crippen LogP contribution in [-0.2, 0) is 23.5 Å². The Kier molecular flexibility index (Phi) is 5.38. The number of nitrogens with zero attached hydrogens (tertiary/aromatic N) is 4. The van der Waals surface area contributed by atoms with Gasteiger partial charge < -0.3 is 9.47 Å². The van der Waals surface area contributed by atoms with Crippen LogP contribution in [0.25, 0.3) is 0 Å². The van der Waals surface area contributed by atoms with E-state index in [2.05, 4.69) is 9.88 Å². The third-order valence-electron chi connectivity index (χ3n) is 5.13. The first kappa shape index (κ1) is 16.9. The van der Waals surface area contributed by atoms with Crippen LogP contribution in [0.2, 0.25) is 0 Å². The average Bonchev–Trinajstić information content (AvgIpc) is 3.18. The van der Waals surface area contributed by atoms with Crippen LogP contribution in [-0.4, -0.2) is 65.7 Å². The maximum absolute atomic E-state index is 12.6. The van der Waals surface area contributed by atoms with Gasteiger partial charge in [-0.1, -0.05) is 0 Å². The fourth-order valence-electron chi connectivity index (χ4n) is 3.68. The number of likely N-dealkylation sites (tertiary alicyclic amines) is 1. The molecule has 0 unspecified atom stereocenters. The van der Waals surface area contributed by atoms with Crippen LogP contribution in [0, 0.1) is 5.92 Å². The van der Waals surface area contributed by atoms with Gasteiger partial charge in [0.1, 0.15) is 5.82 Å². The van der Waals surface area contributed by atoms with Crippen LogP contribution in [0.5, 0.6) is 0 Å². The van der Waals surface area contributed by atoms with Crippen molar-refractivity contribution < 1.29 is 8.42 Å². The molecule has 2 saturated heterocycles. The molecule has 1 aromatic heterocycles. The summed E-state index contributed by atoms with van der Waals surface area (Å²) in [5.74, 6) is 1.69. The molecule has 0 aromatic carbocycles. The van der Waals surface area contributed by atoms with E-state index in [1.165, 1.54) is 12.8 Å². The molecular weight excluding hydrogens is 312 g/mol. The van der Waals surface area contributed by atoms with E-state index >= 15 is 0 Å². The second kappa shape index (κ2) is 7.32. The normalized spacial score (nSPS) is 24.3. The zero-order chi connectivity index (χ0) is 16.3. The van der Waals surface area contributed by atoms with Gasteiger partial charge in [-0.25, -0.2) is 17.7 Å². The van der Waals surface area contributed by atoms with Crippen LogP contribution < -0.4 is 0 Å². The number of sulfonamides is 1. The predicted molar refractivity (Wildman–Crippen MR) is 90.7 cm³/mol. The van der Waals surface area contributed by atoms with Crippen molar-refractivity contribution in [2.75, 3.05) is 38.5 Å². The van der Waals surface area contributed by atoms with Gasteiger partial charge in [0, 0.05) is 45.5 Å². The third-order valence-corrected chi connectivity index (χ3v) is 6.95. The molecule has 1 aromatic rings. The van der Waals surface area contributed by atoms with Gasteiger partial charge in [0.15, 0.2) is 0 Å². The SMILES string of the molecule is Cn1ccnc1C[C@H]1CCCN(S(=O)(=O)CCN2CCCC2)C1.